The van der Waals surface area contributed by atoms with Crippen molar-refractivity contribution in [3.05, 3.63) is 18.2 Å². The van der Waals surface area contributed by atoms with E-state index in [0.29, 0.717) is 5.65 Å². The minimum atomic E-state index is 0. The van der Waals surface area contributed by atoms with Crippen LogP contribution in [0.1, 0.15) is 12.1 Å². The van der Waals surface area contributed by atoms with E-state index >= 15 is 0 Å². The van der Waals surface area contributed by atoms with E-state index in [1.165, 1.54) is 6.33 Å². The number of nitrogens with zero attached hydrogens (tertiary/aromatic N) is 6. The maximum Gasteiger partial charge on any atom is 0.167 e. The molecule has 0 amide bonds. The SMILES string of the molecule is Cc1nn(C)c2nc3ncncc3c(NCCCN(C)C)c12.Cl. The molecule has 0 bridgehead atoms. The smallest absolute Gasteiger partial charge is 0.167 e. The number of nitrogens with one attached hydrogen (secondary N) is 1. The molecule has 0 aliphatic heterocycles. The summed E-state index contributed by atoms with van der Waals surface area (Å²) in [6.07, 6.45) is 4.40. The molecule has 124 valence electrons. The predicted octanol–water partition coefficient (Wildman–Crippen LogP) is 2.01. The third-order valence-electron chi connectivity index (χ3n) is 3.70. The molecule has 3 rings (SSSR count). The van der Waals surface area contributed by atoms with Gasteiger partial charge in [0.15, 0.2) is 11.3 Å². The Labute approximate surface area is 141 Å². The molecule has 8 heteroatoms. The number of rotatable bonds is 5. The van der Waals surface area contributed by atoms with Crippen molar-refractivity contribution < 1.29 is 0 Å². The molecular formula is C15H22ClN7. The molecule has 0 aliphatic carbocycles. The van der Waals surface area contributed by atoms with Gasteiger partial charge in [-0.05, 0) is 34.0 Å². The van der Waals surface area contributed by atoms with Crippen LogP contribution in [0.5, 0.6) is 0 Å². The van der Waals surface area contributed by atoms with Gasteiger partial charge in [-0.3, -0.25) is 4.68 Å². The molecule has 0 spiro atoms. The highest BCUT2D eigenvalue weighted by Crippen LogP contribution is 2.31. The largest absolute Gasteiger partial charge is 0.384 e. The van der Waals surface area contributed by atoms with E-state index in [1.807, 2.05) is 20.2 Å². The fourth-order valence-corrected chi connectivity index (χ4v) is 2.68. The van der Waals surface area contributed by atoms with E-state index in [0.717, 1.165) is 47.3 Å². The first kappa shape index (κ1) is 17.4. The molecule has 3 heterocycles. The van der Waals surface area contributed by atoms with Gasteiger partial charge in [0, 0.05) is 19.8 Å². The first-order chi connectivity index (χ1) is 10.6. The van der Waals surface area contributed by atoms with Gasteiger partial charge >= 0.3 is 0 Å². The van der Waals surface area contributed by atoms with Gasteiger partial charge in [-0.25, -0.2) is 15.0 Å². The third-order valence-corrected chi connectivity index (χ3v) is 3.70. The molecule has 0 fully saturated rings. The number of anilines is 1. The summed E-state index contributed by atoms with van der Waals surface area (Å²) in [6, 6.07) is 0. The van der Waals surface area contributed by atoms with E-state index in [2.05, 4.69) is 44.4 Å². The predicted molar refractivity (Wildman–Crippen MR) is 95.3 cm³/mol. The van der Waals surface area contributed by atoms with Crippen molar-refractivity contribution in [3.8, 4) is 0 Å². The van der Waals surface area contributed by atoms with E-state index in [1.54, 1.807) is 4.68 Å². The van der Waals surface area contributed by atoms with Crippen LogP contribution in [0, 0.1) is 6.92 Å². The highest BCUT2D eigenvalue weighted by molar-refractivity contribution is 6.06. The molecule has 0 radical (unpaired) electrons. The third kappa shape index (κ3) is 3.35. The second-order valence-corrected chi connectivity index (χ2v) is 5.74. The highest BCUT2D eigenvalue weighted by atomic mass is 35.5. The molecule has 0 unspecified atom stereocenters. The number of aryl methyl sites for hydroxylation is 2. The second kappa shape index (κ2) is 7.06. The Kier molecular flexibility index (Phi) is 5.33. The molecule has 1 N–H and O–H groups in total. The monoisotopic (exact) mass is 335 g/mol. The number of hydrogen-bond donors (Lipinski definition) is 1. The summed E-state index contributed by atoms with van der Waals surface area (Å²) in [7, 11) is 6.07. The van der Waals surface area contributed by atoms with E-state index in [4.69, 9.17) is 0 Å². The van der Waals surface area contributed by atoms with Crippen LogP contribution in [0.2, 0.25) is 0 Å². The van der Waals surface area contributed by atoms with Crippen LogP contribution in [-0.2, 0) is 7.05 Å². The molecule has 0 aromatic carbocycles. The topological polar surface area (TPSA) is 71.8 Å². The molecule has 0 saturated carbocycles. The number of halogens is 1. The summed E-state index contributed by atoms with van der Waals surface area (Å²) in [5.74, 6) is 0. The van der Waals surface area contributed by atoms with Gasteiger partial charge in [0.05, 0.1) is 22.2 Å². The van der Waals surface area contributed by atoms with Crippen LogP contribution in [-0.4, -0.2) is 56.8 Å². The Bertz CT molecular complexity index is 812. The maximum absolute atomic E-state index is 4.62. The minimum absolute atomic E-state index is 0. The lowest BCUT2D eigenvalue weighted by molar-refractivity contribution is 0.405. The highest BCUT2D eigenvalue weighted by Gasteiger charge is 2.16. The Morgan fingerprint density at radius 2 is 2.09 bits per heavy atom. The van der Waals surface area contributed by atoms with Crippen molar-refractivity contribution in [2.24, 2.45) is 7.05 Å². The second-order valence-electron chi connectivity index (χ2n) is 5.74. The van der Waals surface area contributed by atoms with Crippen LogP contribution in [0.4, 0.5) is 5.69 Å². The molecule has 0 saturated heterocycles. The van der Waals surface area contributed by atoms with Crippen molar-refractivity contribution in [1.82, 2.24) is 29.6 Å². The lowest BCUT2D eigenvalue weighted by Gasteiger charge is -2.13. The van der Waals surface area contributed by atoms with Crippen molar-refractivity contribution in [2.75, 3.05) is 32.5 Å². The molecule has 0 aliphatic rings. The Morgan fingerprint density at radius 3 is 2.83 bits per heavy atom. The summed E-state index contributed by atoms with van der Waals surface area (Å²) in [4.78, 5) is 15.2. The Morgan fingerprint density at radius 1 is 1.30 bits per heavy atom. The zero-order valence-electron chi connectivity index (χ0n) is 13.9. The van der Waals surface area contributed by atoms with Gasteiger partial charge in [0.1, 0.15) is 6.33 Å². The normalized spacial score (nSPS) is 11.2. The summed E-state index contributed by atoms with van der Waals surface area (Å²) >= 11 is 0. The molecule has 23 heavy (non-hydrogen) atoms. The van der Waals surface area contributed by atoms with Crippen LogP contribution in [0.25, 0.3) is 22.1 Å². The standard InChI is InChI=1S/C15H21N7.ClH/c1-10-12-13(17-6-5-7-21(2)3)11-8-16-9-18-14(11)19-15(12)22(4)20-10;/h8-9H,5-7H2,1-4H3,(H,16,17,18,19);1H. The summed E-state index contributed by atoms with van der Waals surface area (Å²) in [5.41, 5.74) is 3.54. The number of fused-ring (bicyclic) bond motifs is 2. The maximum atomic E-state index is 4.62. The van der Waals surface area contributed by atoms with Crippen molar-refractivity contribution in [3.63, 3.8) is 0 Å². The minimum Gasteiger partial charge on any atom is -0.384 e. The van der Waals surface area contributed by atoms with Gasteiger partial charge in [-0.15, -0.1) is 12.4 Å². The average Bonchev–Trinajstić information content (AvgIpc) is 2.77. The first-order valence-electron chi connectivity index (χ1n) is 7.39. The van der Waals surface area contributed by atoms with Crippen LogP contribution in [0.15, 0.2) is 12.5 Å². The zero-order chi connectivity index (χ0) is 15.7. The fraction of sp³-hybridized carbons (Fsp3) is 0.467. The van der Waals surface area contributed by atoms with E-state index in [9.17, 15) is 0 Å². The van der Waals surface area contributed by atoms with Gasteiger partial charge in [-0.2, -0.15) is 5.10 Å². The van der Waals surface area contributed by atoms with Crippen LogP contribution in [0.3, 0.4) is 0 Å². The van der Waals surface area contributed by atoms with Crippen LogP contribution >= 0.6 is 12.4 Å². The molecule has 7 nitrogen and oxygen atoms in total. The first-order valence-corrected chi connectivity index (χ1v) is 7.39. The van der Waals surface area contributed by atoms with Crippen molar-refractivity contribution in [2.45, 2.75) is 13.3 Å². The van der Waals surface area contributed by atoms with Crippen LogP contribution < -0.4 is 5.32 Å². The van der Waals surface area contributed by atoms with Gasteiger partial charge in [0.2, 0.25) is 0 Å². The molecule has 0 atom stereocenters. The summed E-state index contributed by atoms with van der Waals surface area (Å²) < 4.78 is 1.80. The number of aromatic nitrogens is 5. The Hall–Kier alpha value is -1.99. The summed E-state index contributed by atoms with van der Waals surface area (Å²) in [6.45, 7) is 3.93. The quantitative estimate of drug-likeness (QED) is 0.719. The lowest BCUT2D eigenvalue weighted by Crippen LogP contribution is -2.16. The molecular weight excluding hydrogens is 314 g/mol. The van der Waals surface area contributed by atoms with Gasteiger partial charge < -0.3 is 10.2 Å². The van der Waals surface area contributed by atoms with Crippen molar-refractivity contribution >= 4 is 40.2 Å². The number of pyridine rings is 1. The number of hydrogen-bond acceptors (Lipinski definition) is 6. The lowest BCUT2D eigenvalue weighted by atomic mass is 10.1. The molecule has 3 aromatic heterocycles. The average molecular weight is 336 g/mol. The Balaban J connectivity index is 0.00000192. The van der Waals surface area contributed by atoms with E-state index < -0.39 is 0 Å². The zero-order valence-corrected chi connectivity index (χ0v) is 14.7. The van der Waals surface area contributed by atoms with Gasteiger partial charge in [0.25, 0.3) is 0 Å². The fourth-order valence-electron chi connectivity index (χ4n) is 2.68. The van der Waals surface area contributed by atoms with Gasteiger partial charge in [-0.1, -0.05) is 0 Å². The summed E-state index contributed by atoms with van der Waals surface area (Å²) in [5, 5.41) is 10.0. The van der Waals surface area contributed by atoms with E-state index in [-0.39, 0.29) is 12.4 Å². The van der Waals surface area contributed by atoms with Crippen molar-refractivity contribution in [1.29, 1.82) is 0 Å². The molecule has 3 aromatic rings.